The number of hydrogen-bond donors (Lipinski definition) is 8. The molecule has 0 aromatic carbocycles. The van der Waals surface area contributed by atoms with Gasteiger partial charge < -0.3 is 50.3 Å². The quantitative estimate of drug-likeness (QED) is 0.230. The minimum atomic E-state index is -1.56. The van der Waals surface area contributed by atoms with Gasteiger partial charge in [0.25, 0.3) is 0 Å². The Morgan fingerprint density at radius 3 is 2.19 bits per heavy atom. The molecule has 10 heteroatoms. The molecule has 3 aliphatic rings. The molecule has 0 aromatic rings. The highest BCUT2D eigenvalue weighted by atomic mass is 16.7. The van der Waals surface area contributed by atoms with E-state index >= 15 is 0 Å². The minimum Gasteiger partial charge on any atom is -0.394 e. The van der Waals surface area contributed by atoms with E-state index in [2.05, 4.69) is 0 Å². The molecule has 182 valence electrons. The molecule has 0 radical (unpaired) electrons. The number of hydrogen-bond acceptors (Lipinski definition) is 10. The van der Waals surface area contributed by atoms with Gasteiger partial charge in [0.2, 0.25) is 0 Å². The monoisotopic (exact) mass is 450 g/mol. The normalized spacial score (nSPS) is 51.4. The molecule has 0 unspecified atom stereocenters. The van der Waals surface area contributed by atoms with Crippen molar-refractivity contribution in [3.63, 3.8) is 0 Å². The summed E-state index contributed by atoms with van der Waals surface area (Å²) in [7, 11) is 0. The van der Waals surface area contributed by atoms with Crippen molar-refractivity contribution >= 4 is 0 Å². The molecule has 31 heavy (non-hydrogen) atoms. The molecule has 3 fully saturated rings. The molecule has 10 nitrogen and oxygen atoms in total. The lowest BCUT2D eigenvalue weighted by Crippen LogP contribution is -2.61. The predicted octanol–water partition coefficient (Wildman–Crippen LogP) is -2.15. The molecule has 11 atom stereocenters. The molecule has 0 amide bonds. The fourth-order valence-electron chi connectivity index (χ4n) is 5.72. The van der Waals surface area contributed by atoms with Gasteiger partial charge >= 0.3 is 0 Å². The first kappa shape index (κ1) is 25.2. The van der Waals surface area contributed by atoms with Gasteiger partial charge in [0.1, 0.15) is 24.4 Å². The van der Waals surface area contributed by atoms with Crippen LogP contribution in [-0.4, -0.2) is 108 Å². The van der Waals surface area contributed by atoms with Gasteiger partial charge in [0, 0.05) is 0 Å². The number of ether oxygens (including phenoxy) is 2. The Labute approximate surface area is 182 Å². The van der Waals surface area contributed by atoms with Crippen molar-refractivity contribution < 1.29 is 50.3 Å². The van der Waals surface area contributed by atoms with Crippen LogP contribution in [-0.2, 0) is 9.47 Å². The zero-order valence-corrected chi connectivity index (χ0v) is 18.3. The van der Waals surface area contributed by atoms with Crippen molar-refractivity contribution in [1.82, 2.24) is 0 Å². The SMILES string of the molecule is CC(C)(O[C@@H]1O[C@@H](CO)[C@H](O)[C@@H](O)[C@@H]1O)[C@H]1CC[C@@](O)(CO)[C@@H]2C[C@H](O)[C@@](C)(O)[C@H]2C1. The van der Waals surface area contributed by atoms with Crippen molar-refractivity contribution in [2.24, 2.45) is 17.8 Å². The van der Waals surface area contributed by atoms with Gasteiger partial charge in [0.05, 0.1) is 36.1 Å². The highest BCUT2D eigenvalue weighted by Crippen LogP contribution is 2.54. The third-order valence-corrected chi connectivity index (χ3v) is 8.07. The molecule has 1 heterocycles. The Balaban J connectivity index is 1.82. The summed E-state index contributed by atoms with van der Waals surface area (Å²) in [6.45, 7) is 4.00. The summed E-state index contributed by atoms with van der Waals surface area (Å²) in [6, 6.07) is 0. The van der Waals surface area contributed by atoms with Crippen LogP contribution in [0.25, 0.3) is 0 Å². The summed E-state index contributed by atoms with van der Waals surface area (Å²) in [4.78, 5) is 0. The fourth-order valence-corrected chi connectivity index (χ4v) is 5.72. The summed E-state index contributed by atoms with van der Waals surface area (Å²) in [5.41, 5.74) is -3.86. The highest BCUT2D eigenvalue weighted by Gasteiger charge is 2.60. The van der Waals surface area contributed by atoms with Gasteiger partial charge in [-0.3, -0.25) is 0 Å². The third kappa shape index (κ3) is 4.40. The van der Waals surface area contributed by atoms with Crippen LogP contribution in [0.1, 0.15) is 46.5 Å². The van der Waals surface area contributed by atoms with Crippen molar-refractivity contribution in [3.8, 4) is 0 Å². The first-order chi connectivity index (χ1) is 14.3. The van der Waals surface area contributed by atoms with E-state index < -0.39 is 78.7 Å². The Hall–Kier alpha value is -0.400. The summed E-state index contributed by atoms with van der Waals surface area (Å²) in [5, 5.41) is 82.1. The van der Waals surface area contributed by atoms with Crippen molar-refractivity contribution in [1.29, 1.82) is 0 Å². The molecular formula is C21H38O10. The minimum absolute atomic E-state index is 0.176. The summed E-state index contributed by atoms with van der Waals surface area (Å²) in [6.07, 6.45) is -6.78. The molecule has 2 saturated carbocycles. The van der Waals surface area contributed by atoms with E-state index in [9.17, 15) is 40.9 Å². The van der Waals surface area contributed by atoms with Crippen LogP contribution in [0.5, 0.6) is 0 Å². The number of aliphatic hydroxyl groups excluding tert-OH is 6. The van der Waals surface area contributed by atoms with E-state index in [1.807, 2.05) is 0 Å². The standard InChI is InChI=1S/C21H38O10/c1-19(2,31-18-17(27)16(26)15(25)13(8-22)30-18)10-4-5-21(29,9-23)12-7-14(24)20(3,28)11(12)6-10/h10-18,22-29H,4-9H2,1-3H3/t10-,11-,12+,13-,14-,15-,16+,17-,18-,20-,21+/m0/s1. The van der Waals surface area contributed by atoms with Crippen LogP contribution in [0.2, 0.25) is 0 Å². The smallest absolute Gasteiger partial charge is 0.187 e. The van der Waals surface area contributed by atoms with Gasteiger partial charge in [-0.05, 0) is 64.2 Å². The first-order valence-electron chi connectivity index (χ1n) is 11.0. The maximum absolute atomic E-state index is 11.1. The second kappa shape index (κ2) is 8.75. The van der Waals surface area contributed by atoms with Crippen molar-refractivity contribution in [2.45, 2.75) is 100 Å². The van der Waals surface area contributed by atoms with E-state index in [1.165, 1.54) is 6.92 Å². The summed E-state index contributed by atoms with van der Waals surface area (Å²) >= 11 is 0. The van der Waals surface area contributed by atoms with Crippen molar-refractivity contribution in [3.05, 3.63) is 0 Å². The molecule has 8 N–H and O–H groups in total. The Morgan fingerprint density at radius 2 is 1.61 bits per heavy atom. The third-order valence-electron chi connectivity index (χ3n) is 8.07. The molecule has 2 aliphatic carbocycles. The summed E-state index contributed by atoms with van der Waals surface area (Å²) in [5.74, 6) is -1.25. The maximum Gasteiger partial charge on any atom is 0.187 e. The number of fused-ring (bicyclic) bond motifs is 1. The molecule has 0 spiro atoms. The van der Waals surface area contributed by atoms with Gasteiger partial charge in [-0.25, -0.2) is 0 Å². The average Bonchev–Trinajstić information content (AvgIpc) is 2.84. The van der Waals surface area contributed by atoms with Gasteiger partial charge in [0.15, 0.2) is 6.29 Å². The number of aliphatic hydroxyl groups is 8. The highest BCUT2D eigenvalue weighted by molar-refractivity contribution is 5.10. The van der Waals surface area contributed by atoms with E-state index in [4.69, 9.17) is 9.47 Å². The number of rotatable bonds is 5. The molecule has 0 bridgehead atoms. The lowest BCUT2D eigenvalue weighted by atomic mass is 9.74. The van der Waals surface area contributed by atoms with Crippen LogP contribution in [0.3, 0.4) is 0 Å². The van der Waals surface area contributed by atoms with Gasteiger partial charge in [-0.2, -0.15) is 0 Å². The molecule has 0 aromatic heterocycles. The molecule has 1 aliphatic heterocycles. The largest absolute Gasteiger partial charge is 0.394 e. The predicted molar refractivity (Wildman–Crippen MR) is 107 cm³/mol. The van der Waals surface area contributed by atoms with Crippen LogP contribution in [0.15, 0.2) is 0 Å². The van der Waals surface area contributed by atoms with Crippen LogP contribution in [0.4, 0.5) is 0 Å². The van der Waals surface area contributed by atoms with Crippen LogP contribution < -0.4 is 0 Å². The topological polar surface area (TPSA) is 180 Å². The maximum atomic E-state index is 11.1. The Morgan fingerprint density at radius 1 is 0.968 bits per heavy atom. The lowest BCUT2D eigenvalue weighted by Gasteiger charge is -2.45. The lowest BCUT2D eigenvalue weighted by molar-refractivity contribution is -0.329. The van der Waals surface area contributed by atoms with Gasteiger partial charge in [-0.15, -0.1) is 0 Å². The Bertz CT molecular complexity index is 625. The van der Waals surface area contributed by atoms with Crippen LogP contribution in [0, 0.1) is 17.8 Å². The first-order valence-corrected chi connectivity index (χ1v) is 11.0. The average molecular weight is 451 g/mol. The van der Waals surface area contributed by atoms with E-state index in [1.54, 1.807) is 13.8 Å². The second-order valence-corrected chi connectivity index (χ2v) is 10.3. The van der Waals surface area contributed by atoms with Crippen LogP contribution >= 0.6 is 0 Å². The molecule has 1 saturated heterocycles. The van der Waals surface area contributed by atoms with E-state index in [0.717, 1.165) is 0 Å². The van der Waals surface area contributed by atoms with E-state index in [-0.39, 0.29) is 18.8 Å². The second-order valence-electron chi connectivity index (χ2n) is 10.3. The molecular weight excluding hydrogens is 412 g/mol. The van der Waals surface area contributed by atoms with Crippen molar-refractivity contribution in [2.75, 3.05) is 13.2 Å². The van der Waals surface area contributed by atoms with Gasteiger partial charge in [-0.1, -0.05) is 0 Å². The molecule has 3 rings (SSSR count). The zero-order valence-electron chi connectivity index (χ0n) is 18.3. The Kier molecular flexibility index (Phi) is 7.12. The van der Waals surface area contributed by atoms with E-state index in [0.29, 0.717) is 12.8 Å². The summed E-state index contributed by atoms with van der Waals surface area (Å²) < 4.78 is 11.5. The zero-order chi connectivity index (χ0) is 23.4. The fraction of sp³-hybridized carbons (Fsp3) is 1.00.